The van der Waals surface area contributed by atoms with Crippen LogP contribution in [0.3, 0.4) is 0 Å². The highest BCUT2D eigenvalue weighted by Crippen LogP contribution is 2.42. The smallest absolute Gasteiger partial charge is 0.408 e. The van der Waals surface area contributed by atoms with Crippen LogP contribution in [0.1, 0.15) is 24.1 Å². The highest BCUT2D eigenvalue weighted by atomic mass is 79.9. The Kier molecular flexibility index (Phi) is 3.87. The highest BCUT2D eigenvalue weighted by molar-refractivity contribution is 9.10. The minimum Gasteiger partial charge on any atom is -0.493 e. The fourth-order valence-corrected chi connectivity index (χ4v) is 2.64. The van der Waals surface area contributed by atoms with Gasteiger partial charge < -0.3 is 10.1 Å². The van der Waals surface area contributed by atoms with Crippen LogP contribution >= 0.6 is 15.9 Å². The molecule has 0 radical (unpaired) electrons. The molecule has 0 saturated carbocycles. The van der Waals surface area contributed by atoms with Gasteiger partial charge in [0.15, 0.2) is 0 Å². The minimum atomic E-state index is -4.34. The third-order valence-electron chi connectivity index (χ3n) is 2.82. The molecule has 1 aromatic rings. The first kappa shape index (κ1) is 13.7. The summed E-state index contributed by atoms with van der Waals surface area (Å²) in [5.41, 5.74) is 0.984. The van der Waals surface area contributed by atoms with E-state index in [-0.39, 0.29) is 12.1 Å². The van der Waals surface area contributed by atoms with E-state index >= 15 is 0 Å². The molecule has 1 atom stereocenters. The number of rotatable bonds is 3. The zero-order chi connectivity index (χ0) is 13.3. The molecular weight excluding hydrogens is 311 g/mol. The Morgan fingerprint density at radius 2 is 2.17 bits per heavy atom. The predicted octanol–water partition coefficient (Wildman–Crippen LogP) is 3.60. The minimum absolute atomic E-state index is 0.159. The molecule has 1 N–H and O–H groups in total. The monoisotopic (exact) mass is 323 g/mol. The maximum atomic E-state index is 13.1. The normalized spacial score (nSPS) is 16.3. The van der Waals surface area contributed by atoms with Gasteiger partial charge in [0.2, 0.25) is 0 Å². The zero-order valence-electron chi connectivity index (χ0n) is 9.77. The standard InChI is InChI=1S/C12H13BrF3NO/c1-2-17-11(12(14,15)16)9-6-8(13)5-7-3-4-18-10(7)9/h5-6,11,17H,2-4H2,1H3. The van der Waals surface area contributed by atoms with E-state index in [4.69, 9.17) is 4.74 Å². The molecule has 2 nitrogen and oxygen atoms in total. The number of halogens is 4. The van der Waals surface area contributed by atoms with E-state index in [0.717, 1.165) is 5.56 Å². The third kappa shape index (κ3) is 2.64. The summed E-state index contributed by atoms with van der Waals surface area (Å²) >= 11 is 3.25. The van der Waals surface area contributed by atoms with E-state index in [2.05, 4.69) is 21.2 Å². The average Bonchev–Trinajstić information content (AvgIpc) is 2.71. The van der Waals surface area contributed by atoms with Crippen molar-refractivity contribution in [1.29, 1.82) is 0 Å². The van der Waals surface area contributed by atoms with Gasteiger partial charge in [-0.1, -0.05) is 22.9 Å². The zero-order valence-corrected chi connectivity index (χ0v) is 11.4. The van der Waals surface area contributed by atoms with E-state index in [1.165, 1.54) is 6.07 Å². The second kappa shape index (κ2) is 5.09. The van der Waals surface area contributed by atoms with E-state index < -0.39 is 12.2 Å². The van der Waals surface area contributed by atoms with Crippen LogP contribution in [0.5, 0.6) is 5.75 Å². The summed E-state index contributed by atoms with van der Waals surface area (Å²) in [5.74, 6) is 0.376. The molecule has 1 aliphatic heterocycles. The van der Waals surface area contributed by atoms with Crippen LogP contribution in [0.2, 0.25) is 0 Å². The number of benzene rings is 1. The molecule has 2 rings (SSSR count). The summed E-state index contributed by atoms with van der Waals surface area (Å²) in [4.78, 5) is 0. The molecule has 6 heteroatoms. The van der Waals surface area contributed by atoms with Gasteiger partial charge in [0.1, 0.15) is 11.8 Å². The molecule has 1 aliphatic rings. The number of hydrogen-bond donors (Lipinski definition) is 1. The molecule has 1 heterocycles. The Morgan fingerprint density at radius 3 is 2.78 bits per heavy atom. The van der Waals surface area contributed by atoms with Crippen molar-refractivity contribution in [2.24, 2.45) is 0 Å². The number of hydrogen-bond acceptors (Lipinski definition) is 2. The third-order valence-corrected chi connectivity index (χ3v) is 3.28. The quantitative estimate of drug-likeness (QED) is 0.917. The number of ether oxygens (including phenoxy) is 1. The van der Waals surface area contributed by atoms with Crippen LogP contribution < -0.4 is 10.1 Å². The van der Waals surface area contributed by atoms with Crippen LogP contribution in [0.4, 0.5) is 13.2 Å². The predicted molar refractivity (Wildman–Crippen MR) is 65.8 cm³/mol. The van der Waals surface area contributed by atoms with Crippen LogP contribution in [0.25, 0.3) is 0 Å². The second-order valence-electron chi connectivity index (χ2n) is 4.11. The van der Waals surface area contributed by atoms with Crippen LogP contribution in [-0.2, 0) is 6.42 Å². The lowest BCUT2D eigenvalue weighted by molar-refractivity contribution is -0.157. The Labute approximate surface area is 112 Å². The molecule has 18 heavy (non-hydrogen) atoms. The largest absolute Gasteiger partial charge is 0.493 e. The van der Waals surface area contributed by atoms with Gasteiger partial charge in [0.05, 0.1) is 6.61 Å². The van der Waals surface area contributed by atoms with Crippen molar-refractivity contribution in [2.45, 2.75) is 25.6 Å². The van der Waals surface area contributed by atoms with E-state index in [0.29, 0.717) is 23.2 Å². The topological polar surface area (TPSA) is 21.3 Å². The Morgan fingerprint density at radius 1 is 1.44 bits per heavy atom. The molecule has 0 saturated heterocycles. The summed E-state index contributed by atoms with van der Waals surface area (Å²) in [7, 11) is 0. The maximum absolute atomic E-state index is 13.1. The fourth-order valence-electron chi connectivity index (χ4n) is 2.12. The first-order valence-electron chi connectivity index (χ1n) is 5.68. The van der Waals surface area contributed by atoms with Gasteiger partial charge in [0, 0.05) is 16.5 Å². The number of nitrogens with one attached hydrogen (secondary N) is 1. The molecule has 0 fully saturated rings. The summed E-state index contributed by atoms with van der Waals surface area (Å²) < 4.78 is 45.2. The Bertz CT molecular complexity index is 448. The first-order chi connectivity index (χ1) is 8.43. The van der Waals surface area contributed by atoms with Gasteiger partial charge in [-0.3, -0.25) is 0 Å². The van der Waals surface area contributed by atoms with Crippen molar-refractivity contribution in [3.05, 3.63) is 27.7 Å². The van der Waals surface area contributed by atoms with Crippen molar-refractivity contribution in [2.75, 3.05) is 13.2 Å². The van der Waals surface area contributed by atoms with Gasteiger partial charge in [-0.25, -0.2) is 0 Å². The second-order valence-corrected chi connectivity index (χ2v) is 5.03. The molecule has 0 amide bonds. The van der Waals surface area contributed by atoms with Gasteiger partial charge in [-0.15, -0.1) is 0 Å². The van der Waals surface area contributed by atoms with Crippen molar-refractivity contribution in [1.82, 2.24) is 5.32 Å². The first-order valence-corrected chi connectivity index (χ1v) is 6.48. The van der Waals surface area contributed by atoms with E-state index in [9.17, 15) is 13.2 Å². The molecule has 0 spiro atoms. The summed E-state index contributed by atoms with van der Waals surface area (Å²) in [6.45, 7) is 2.33. The average molecular weight is 324 g/mol. The van der Waals surface area contributed by atoms with Gasteiger partial charge in [-0.05, 0) is 24.2 Å². The van der Waals surface area contributed by atoms with Crippen molar-refractivity contribution in [3.63, 3.8) is 0 Å². The maximum Gasteiger partial charge on any atom is 0.408 e. The van der Waals surface area contributed by atoms with Gasteiger partial charge in [-0.2, -0.15) is 13.2 Å². The van der Waals surface area contributed by atoms with Crippen LogP contribution in [0, 0.1) is 0 Å². The van der Waals surface area contributed by atoms with E-state index in [1.54, 1.807) is 6.92 Å². The lowest BCUT2D eigenvalue weighted by Gasteiger charge is -2.23. The number of fused-ring (bicyclic) bond motifs is 1. The van der Waals surface area contributed by atoms with Crippen LogP contribution in [-0.4, -0.2) is 19.3 Å². The van der Waals surface area contributed by atoms with Crippen LogP contribution in [0.15, 0.2) is 16.6 Å². The van der Waals surface area contributed by atoms with Crippen molar-refractivity contribution < 1.29 is 17.9 Å². The number of alkyl halides is 3. The SMILES string of the molecule is CCNC(c1cc(Br)cc2c1OCC2)C(F)(F)F. The Hall–Kier alpha value is -0.750. The van der Waals surface area contributed by atoms with Gasteiger partial charge >= 0.3 is 6.18 Å². The van der Waals surface area contributed by atoms with Gasteiger partial charge in [0.25, 0.3) is 0 Å². The molecule has 100 valence electrons. The van der Waals surface area contributed by atoms with E-state index in [1.807, 2.05) is 6.07 Å². The fraction of sp³-hybridized carbons (Fsp3) is 0.500. The molecular formula is C12H13BrF3NO. The lowest BCUT2D eigenvalue weighted by Crippen LogP contribution is -2.34. The lowest BCUT2D eigenvalue weighted by atomic mass is 10.0. The highest BCUT2D eigenvalue weighted by Gasteiger charge is 2.42. The molecule has 0 aliphatic carbocycles. The molecule has 1 unspecified atom stereocenters. The molecule has 0 bridgehead atoms. The Balaban J connectivity index is 2.48. The molecule has 1 aromatic carbocycles. The van der Waals surface area contributed by atoms with Crippen molar-refractivity contribution >= 4 is 15.9 Å². The summed E-state index contributed by atoms with van der Waals surface area (Å²) in [6.07, 6.45) is -3.69. The molecule has 0 aromatic heterocycles. The summed E-state index contributed by atoms with van der Waals surface area (Å²) in [5, 5.41) is 2.47. The summed E-state index contributed by atoms with van der Waals surface area (Å²) in [6, 6.07) is 1.60. The van der Waals surface area contributed by atoms with Crippen molar-refractivity contribution in [3.8, 4) is 5.75 Å².